The van der Waals surface area contributed by atoms with Gasteiger partial charge in [-0.05, 0) is 31.5 Å². The highest BCUT2D eigenvalue weighted by molar-refractivity contribution is 5.96. The number of anilines is 1. The molecule has 0 bridgehead atoms. The first-order valence-corrected chi connectivity index (χ1v) is 7.22. The maximum absolute atomic E-state index is 12.4. The van der Waals surface area contributed by atoms with Crippen molar-refractivity contribution >= 4 is 17.6 Å². The first-order chi connectivity index (χ1) is 10.2. The summed E-state index contributed by atoms with van der Waals surface area (Å²) >= 11 is 0. The summed E-state index contributed by atoms with van der Waals surface area (Å²) in [5, 5.41) is 5.49. The number of hydrogen-bond acceptors (Lipinski definition) is 3. The molecule has 0 saturated heterocycles. The molecule has 1 saturated carbocycles. The minimum absolute atomic E-state index is 0.0395. The van der Waals surface area contributed by atoms with Crippen LogP contribution in [0.4, 0.5) is 10.5 Å². The fraction of sp³-hybridized carbons (Fsp3) is 0.500. The molecule has 0 radical (unpaired) electrons. The predicted octanol–water partition coefficient (Wildman–Crippen LogP) is 2.11. The fourth-order valence-corrected chi connectivity index (χ4v) is 2.85. The lowest BCUT2D eigenvalue weighted by atomic mass is 9.56. The van der Waals surface area contributed by atoms with Crippen molar-refractivity contribution in [3.05, 3.63) is 29.8 Å². The van der Waals surface area contributed by atoms with Gasteiger partial charge in [-0.2, -0.15) is 0 Å². The number of ether oxygens (including phenoxy) is 1. The largest absolute Gasteiger partial charge is 0.378 e. The van der Waals surface area contributed by atoms with Crippen LogP contribution in [0, 0.1) is 5.41 Å². The Morgan fingerprint density at radius 1 is 1.32 bits per heavy atom. The lowest BCUT2D eigenvalue weighted by Crippen LogP contribution is -2.68. The van der Waals surface area contributed by atoms with Crippen LogP contribution >= 0.6 is 0 Å². The molecule has 6 nitrogen and oxygen atoms in total. The van der Waals surface area contributed by atoms with Gasteiger partial charge in [-0.1, -0.05) is 19.9 Å². The van der Waals surface area contributed by atoms with E-state index in [9.17, 15) is 9.59 Å². The number of carbonyl (C=O) groups excluding carboxylic acids is 2. The number of rotatable bonds is 4. The number of carbonyl (C=O) groups is 2. The zero-order valence-electron chi connectivity index (χ0n) is 13.4. The number of methoxy groups -OCH3 is 1. The number of nitrogens with one attached hydrogen (secondary N) is 2. The molecule has 1 fully saturated rings. The van der Waals surface area contributed by atoms with Gasteiger partial charge >= 0.3 is 6.03 Å². The van der Waals surface area contributed by atoms with E-state index in [0.717, 1.165) is 6.42 Å². The first-order valence-electron chi connectivity index (χ1n) is 7.22. The first kappa shape index (κ1) is 16.3. The minimum Gasteiger partial charge on any atom is -0.378 e. The van der Waals surface area contributed by atoms with Crippen molar-refractivity contribution in [3.8, 4) is 0 Å². The van der Waals surface area contributed by atoms with Gasteiger partial charge in [-0.25, -0.2) is 4.79 Å². The molecule has 2 rings (SSSR count). The minimum atomic E-state index is -0.659. The topological polar surface area (TPSA) is 93.4 Å². The van der Waals surface area contributed by atoms with Crippen molar-refractivity contribution in [1.29, 1.82) is 0 Å². The van der Waals surface area contributed by atoms with E-state index in [0.29, 0.717) is 11.3 Å². The van der Waals surface area contributed by atoms with Gasteiger partial charge in [0.2, 0.25) is 0 Å². The Labute approximate surface area is 130 Å². The van der Waals surface area contributed by atoms with Crippen LogP contribution in [0.5, 0.6) is 0 Å². The third kappa shape index (κ3) is 2.78. The number of urea groups is 1. The van der Waals surface area contributed by atoms with Gasteiger partial charge in [0.15, 0.2) is 0 Å². The van der Waals surface area contributed by atoms with Crippen LogP contribution in [0.25, 0.3) is 0 Å². The average Bonchev–Trinajstić information content (AvgIpc) is 2.46. The van der Waals surface area contributed by atoms with E-state index in [-0.39, 0.29) is 23.0 Å². The molecule has 1 aliphatic carbocycles. The molecule has 1 aromatic rings. The molecule has 3 amide bonds. The summed E-state index contributed by atoms with van der Waals surface area (Å²) in [6.45, 7) is 6.21. The normalized spacial score (nSPS) is 25.9. The Balaban J connectivity index is 2.06. The van der Waals surface area contributed by atoms with E-state index in [2.05, 4.69) is 24.5 Å². The third-order valence-corrected chi connectivity index (χ3v) is 4.98. The number of primary amides is 1. The molecule has 120 valence electrons. The monoisotopic (exact) mass is 305 g/mol. The summed E-state index contributed by atoms with van der Waals surface area (Å²) < 4.78 is 5.56. The molecule has 2 unspecified atom stereocenters. The van der Waals surface area contributed by atoms with E-state index >= 15 is 0 Å². The Kier molecular flexibility index (Phi) is 4.15. The third-order valence-electron chi connectivity index (χ3n) is 4.98. The highest BCUT2D eigenvalue weighted by atomic mass is 16.5. The van der Waals surface area contributed by atoms with Crippen LogP contribution in [0.2, 0.25) is 0 Å². The van der Waals surface area contributed by atoms with Gasteiger partial charge in [-0.15, -0.1) is 0 Å². The van der Waals surface area contributed by atoms with Gasteiger partial charge < -0.3 is 21.1 Å². The van der Waals surface area contributed by atoms with Gasteiger partial charge in [0, 0.05) is 29.8 Å². The molecule has 6 heteroatoms. The van der Waals surface area contributed by atoms with Crippen LogP contribution in [-0.2, 0) is 4.74 Å². The van der Waals surface area contributed by atoms with Gasteiger partial charge in [0.1, 0.15) is 0 Å². The number of nitrogens with two attached hydrogens (primary N) is 1. The van der Waals surface area contributed by atoms with E-state index in [4.69, 9.17) is 10.5 Å². The average molecular weight is 305 g/mol. The van der Waals surface area contributed by atoms with Gasteiger partial charge in [0.25, 0.3) is 5.91 Å². The molecule has 1 aromatic carbocycles. The van der Waals surface area contributed by atoms with Crippen molar-refractivity contribution in [2.24, 2.45) is 11.1 Å². The molecule has 0 aliphatic heterocycles. The lowest BCUT2D eigenvalue weighted by Gasteiger charge is -2.59. The number of hydrogen-bond donors (Lipinski definition) is 3. The van der Waals surface area contributed by atoms with Crippen molar-refractivity contribution in [2.75, 3.05) is 12.4 Å². The van der Waals surface area contributed by atoms with Crippen molar-refractivity contribution in [1.82, 2.24) is 5.32 Å². The maximum Gasteiger partial charge on any atom is 0.316 e. The molecule has 4 N–H and O–H groups in total. The summed E-state index contributed by atoms with van der Waals surface area (Å²) in [7, 11) is 1.69. The fourth-order valence-electron chi connectivity index (χ4n) is 2.85. The second-order valence-corrected chi connectivity index (χ2v) is 6.46. The molecule has 0 aromatic heterocycles. The molecule has 22 heavy (non-hydrogen) atoms. The lowest BCUT2D eigenvalue weighted by molar-refractivity contribution is -0.177. The molecular weight excluding hydrogens is 282 g/mol. The summed E-state index contributed by atoms with van der Waals surface area (Å²) in [4.78, 5) is 23.2. The van der Waals surface area contributed by atoms with Crippen LogP contribution < -0.4 is 16.4 Å². The highest BCUT2D eigenvalue weighted by Gasteiger charge is 2.58. The SMILES string of the molecule is COC1(C)CC(NC(=O)c2cccc(NC(N)=O)c2)C1(C)C. The Morgan fingerprint density at radius 2 is 2.00 bits per heavy atom. The van der Waals surface area contributed by atoms with Crippen LogP contribution in [0.3, 0.4) is 0 Å². The Hall–Kier alpha value is -2.08. The van der Waals surface area contributed by atoms with E-state index in [1.54, 1.807) is 31.4 Å². The smallest absolute Gasteiger partial charge is 0.316 e. The zero-order valence-corrected chi connectivity index (χ0v) is 13.4. The van der Waals surface area contributed by atoms with Crippen molar-refractivity contribution < 1.29 is 14.3 Å². The number of amides is 3. The summed E-state index contributed by atoms with van der Waals surface area (Å²) in [6, 6.07) is 6.05. The summed E-state index contributed by atoms with van der Waals surface area (Å²) in [5.41, 5.74) is 5.67. The summed E-state index contributed by atoms with van der Waals surface area (Å²) in [5.74, 6) is -0.177. The zero-order chi connectivity index (χ0) is 16.5. The maximum atomic E-state index is 12.4. The second-order valence-electron chi connectivity index (χ2n) is 6.46. The van der Waals surface area contributed by atoms with Gasteiger partial charge in [0.05, 0.1) is 5.60 Å². The molecule has 0 spiro atoms. The highest BCUT2D eigenvalue weighted by Crippen LogP contribution is 2.51. The molecule has 0 heterocycles. The van der Waals surface area contributed by atoms with E-state index in [1.807, 2.05) is 6.92 Å². The molecule has 1 aliphatic rings. The Morgan fingerprint density at radius 3 is 2.55 bits per heavy atom. The summed E-state index contributed by atoms with van der Waals surface area (Å²) in [6.07, 6.45) is 0.765. The predicted molar refractivity (Wildman–Crippen MR) is 84.7 cm³/mol. The number of benzene rings is 1. The Bertz CT molecular complexity index is 600. The van der Waals surface area contributed by atoms with Crippen LogP contribution in [-0.4, -0.2) is 30.7 Å². The van der Waals surface area contributed by atoms with Crippen molar-refractivity contribution in [3.63, 3.8) is 0 Å². The standard InChI is InChI=1S/C16H23N3O3/c1-15(2)12(9-16(15,3)22-4)19-13(20)10-6-5-7-11(8-10)18-14(17)21/h5-8,12H,9H2,1-4H3,(H,19,20)(H3,17,18,21). The molecule has 2 atom stereocenters. The van der Waals surface area contributed by atoms with E-state index < -0.39 is 6.03 Å². The van der Waals surface area contributed by atoms with Crippen LogP contribution in [0.1, 0.15) is 37.6 Å². The van der Waals surface area contributed by atoms with Gasteiger partial charge in [-0.3, -0.25) is 4.79 Å². The second kappa shape index (κ2) is 5.61. The van der Waals surface area contributed by atoms with Crippen LogP contribution in [0.15, 0.2) is 24.3 Å². The van der Waals surface area contributed by atoms with E-state index in [1.165, 1.54) is 0 Å². The molecular formula is C16H23N3O3. The van der Waals surface area contributed by atoms with Crippen molar-refractivity contribution in [2.45, 2.75) is 38.8 Å². The quantitative estimate of drug-likeness (QED) is 0.795.